The first-order valence-corrected chi connectivity index (χ1v) is 17.2. The zero-order chi connectivity index (χ0) is 28.1. The lowest BCUT2D eigenvalue weighted by molar-refractivity contribution is -0.129. The molecule has 0 aromatic heterocycles. The third-order valence-electron chi connectivity index (χ3n) is 8.27. The molecule has 0 aliphatic carbocycles. The third-order valence-corrected chi connectivity index (χ3v) is 8.27. The summed E-state index contributed by atoms with van der Waals surface area (Å²) in [5, 5.41) is 20.7. The van der Waals surface area contributed by atoms with Crippen molar-refractivity contribution in [2.75, 3.05) is 0 Å². The summed E-state index contributed by atoms with van der Waals surface area (Å²) in [6, 6.07) is -0.859. The van der Waals surface area contributed by atoms with Gasteiger partial charge in [0.25, 0.3) is 0 Å². The first-order valence-electron chi connectivity index (χ1n) is 17.2. The number of aliphatic hydroxyl groups is 2. The summed E-state index contributed by atoms with van der Waals surface area (Å²) in [5.41, 5.74) is 6.03. The Labute approximate surface area is 238 Å². The van der Waals surface area contributed by atoms with E-state index in [1.807, 2.05) is 0 Å². The van der Waals surface area contributed by atoms with Gasteiger partial charge >= 0.3 is 0 Å². The number of hydrogen-bond donors (Lipinski definition) is 3. The Hall–Kier alpha value is -0.450. The number of rotatable bonds is 31. The second kappa shape index (κ2) is 29.5. The Bertz CT molecular complexity index is 484. The van der Waals surface area contributed by atoms with Gasteiger partial charge in [-0.15, -0.1) is 0 Å². The molecular formula is C34H69NO3. The zero-order valence-corrected chi connectivity index (χ0v) is 25.9. The van der Waals surface area contributed by atoms with Crippen molar-refractivity contribution in [2.45, 2.75) is 212 Å². The molecule has 38 heavy (non-hydrogen) atoms. The van der Waals surface area contributed by atoms with E-state index in [1.165, 1.54) is 135 Å². The molecule has 0 amide bonds. The maximum absolute atomic E-state index is 12.3. The second-order valence-electron chi connectivity index (χ2n) is 12.1. The average Bonchev–Trinajstić information content (AvgIpc) is 2.92. The first-order chi connectivity index (χ1) is 18.5. The van der Waals surface area contributed by atoms with Crippen LogP contribution in [0, 0.1) is 0 Å². The van der Waals surface area contributed by atoms with Crippen LogP contribution in [0.2, 0.25) is 0 Å². The maximum atomic E-state index is 12.3. The van der Waals surface area contributed by atoms with Gasteiger partial charge in [-0.05, 0) is 12.8 Å². The van der Waals surface area contributed by atoms with Gasteiger partial charge < -0.3 is 15.9 Å². The standard InChI is InChI=1S/C34H69NO3/c1-3-5-7-9-11-13-15-17-19-21-23-25-27-29-31(36)33(35)34(38)32(37)30-28-26-24-22-20-18-16-14-12-10-8-6-4-2/h31,33-34,36,38H,3-30,35H2,1-2H3. The number of ketones is 1. The lowest BCUT2D eigenvalue weighted by Crippen LogP contribution is -2.48. The van der Waals surface area contributed by atoms with Gasteiger partial charge in [0, 0.05) is 6.42 Å². The predicted octanol–water partition coefficient (Wildman–Crippen LogP) is 9.57. The zero-order valence-electron chi connectivity index (χ0n) is 25.9. The van der Waals surface area contributed by atoms with E-state index in [1.54, 1.807) is 0 Å². The van der Waals surface area contributed by atoms with Crippen molar-refractivity contribution in [3.8, 4) is 0 Å². The van der Waals surface area contributed by atoms with Crippen molar-refractivity contribution in [1.29, 1.82) is 0 Å². The number of Topliss-reactive ketones (excluding diaryl/α,β-unsaturated/α-hetero) is 1. The molecule has 0 fully saturated rings. The minimum Gasteiger partial charge on any atom is -0.391 e. The third kappa shape index (κ3) is 24.6. The molecule has 0 saturated heterocycles. The number of nitrogens with two attached hydrogens (primary N) is 1. The molecule has 228 valence electrons. The van der Waals surface area contributed by atoms with E-state index in [-0.39, 0.29) is 5.78 Å². The highest BCUT2D eigenvalue weighted by Gasteiger charge is 2.27. The molecule has 0 spiro atoms. The van der Waals surface area contributed by atoms with E-state index in [9.17, 15) is 15.0 Å². The molecule has 0 aromatic carbocycles. The van der Waals surface area contributed by atoms with Crippen LogP contribution < -0.4 is 5.73 Å². The average molecular weight is 540 g/mol. The molecule has 0 rings (SSSR count). The van der Waals surface area contributed by atoms with Crippen LogP contribution in [-0.2, 0) is 4.79 Å². The quantitative estimate of drug-likeness (QED) is 0.0766. The maximum Gasteiger partial charge on any atom is 0.162 e. The fourth-order valence-corrected chi connectivity index (χ4v) is 5.45. The highest BCUT2D eigenvalue weighted by atomic mass is 16.3. The van der Waals surface area contributed by atoms with Crippen molar-refractivity contribution >= 4 is 5.78 Å². The van der Waals surface area contributed by atoms with Crippen LogP contribution in [0.3, 0.4) is 0 Å². The summed E-state index contributed by atoms with van der Waals surface area (Å²) in [6.07, 6.45) is 32.2. The van der Waals surface area contributed by atoms with E-state index < -0.39 is 18.2 Å². The topological polar surface area (TPSA) is 83.5 Å². The smallest absolute Gasteiger partial charge is 0.162 e. The SMILES string of the molecule is CCCCCCCCCCCCCCCC(=O)C(O)C(N)C(O)CCCCCCCCCCCCCCC. The van der Waals surface area contributed by atoms with Gasteiger partial charge in [0.1, 0.15) is 6.10 Å². The van der Waals surface area contributed by atoms with Gasteiger partial charge in [-0.1, -0.05) is 174 Å². The van der Waals surface area contributed by atoms with E-state index in [0.717, 1.165) is 32.1 Å². The monoisotopic (exact) mass is 540 g/mol. The molecule has 0 heterocycles. The molecule has 3 atom stereocenters. The predicted molar refractivity (Wildman–Crippen MR) is 166 cm³/mol. The minimum absolute atomic E-state index is 0.204. The van der Waals surface area contributed by atoms with Gasteiger partial charge in [0.15, 0.2) is 5.78 Å². The van der Waals surface area contributed by atoms with Crippen LogP contribution in [0.1, 0.15) is 194 Å². The fourth-order valence-electron chi connectivity index (χ4n) is 5.45. The largest absolute Gasteiger partial charge is 0.391 e. The molecule has 0 aromatic rings. The molecule has 4 nitrogen and oxygen atoms in total. The van der Waals surface area contributed by atoms with Gasteiger partial charge in [-0.25, -0.2) is 0 Å². The van der Waals surface area contributed by atoms with Crippen molar-refractivity contribution in [3.63, 3.8) is 0 Å². The molecular weight excluding hydrogens is 470 g/mol. The molecule has 0 radical (unpaired) electrons. The summed E-state index contributed by atoms with van der Waals surface area (Å²) >= 11 is 0. The van der Waals surface area contributed by atoms with Gasteiger partial charge in [-0.2, -0.15) is 0 Å². The Morgan fingerprint density at radius 3 is 1.13 bits per heavy atom. The normalized spacial score (nSPS) is 14.0. The van der Waals surface area contributed by atoms with Crippen LogP contribution in [0.5, 0.6) is 0 Å². The second-order valence-corrected chi connectivity index (χ2v) is 12.1. The summed E-state index contributed by atoms with van der Waals surface area (Å²) in [7, 11) is 0. The van der Waals surface area contributed by atoms with Crippen molar-refractivity contribution < 1.29 is 15.0 Å². The Kier molecular flexibility index (Phi) is 29.2. The Morgan fingerprint density at radius 1 is 0.500 bits per heavy atom. The summed E-state index contributed by atoms with van der Waals surface area (Å²) in [6.45, 7) is 4.53. The number of hydrogen-bond acceptors (Lipinski definition) is 4. The number of carbonyl (C=O) groups is 1. The highest BCUT2D eigenvalue weighted by Crippen LogP contribution is 2.16. The van der Waals surface area contributed by atoms with Crippen molar-refractivity contribution in [2.24, 2.45) is 5.73 Å². The molecule has 4 N–H and O–H groups in total. The van der Waals surface area contributed by atoms with Crippen molar-refractivity contribution in [3.05, 3.63) is 0 Å². The van der Waals surface area contributed by atoms with E-state index in [2.05, 4.69) is 13.8 Å². The molecule has 3 unspecified atom stereocenters. The minimum atomic E-state index is -1.23. The van der Waals surface area contributed by atoms with Crippen LogP contribution in [-0.4, -0.2) is 34.2 Å². The van der Waals surface area contributed by atoms with Gasteiger partial charge in [0.05, 0.1) is 12.1 Å². The number of carbonyl (C=O) groups excluding carboxylic acids is 1. The lowest BCUT2D eigenvalue weighted by atomic mass is 9.95. The van der Waals surface area contributed by atoms with Crippen LogP contribution in [0.15, 0.2) is 0 Å². The fraction of sp³-hybridized carbons (Fsp3) is 0.971. The number of aliphatic hydroxyl groups excluding tert-OH is 2. The molecule has 0 aliphatic rings. The molecule has 0 aliphatic heterocycles. The summed E-state index contributed by atoms with van der Waals surface area (Å²) in [5.74, 6) is -0.204. The molecule has 0 saturated carbocycles. The van der Waals surface area contributed by atoms with Crippen molar-refractivity contribution in [1.82, 2.24) is 0 Å². The van der Waals surface area contributed by atoms with E-state index in [0.29, 0.717) is 12.8 Å². The van der Waals surface area contributed by atoms with Gasteiger partial charge in [-0.3, -0.25) is 4.79 Å². The molecule has 0 bridgehead atoms. The first kappa shape index (κ1) is 37.6. The van der Waals surface area contributed by atoms with Crippen LogP contribution in [0.4, 0.5) is 0 Å². The molecule has 4 heteroatoms. The Morgan fingerprint density at radius 2 is 0.789 bits per heavy atom. The van der Waals surface area contributed by atoms with Crippen LogP contribution in [0.25, 0.3) is 0 Å². The summed E-state index contributed by atoms with van der Waals surface area (Å²) < 4.78 is 0. The van der Waals surface area contributed by atoms with Gasteiger partial charge in [0.2, 0.25) is 0 Å². The highest BCUT2D eigenvalue weighted by molar-refractivity contribution is 5.83. The van der Waals surface area contributed by atoms with Crippen LogP contribution >= 0.6 is 0 Å². The lowest BCUT2D eigenvalue weighted by Gasteiger charge is -2.23. The van der Waals surface area contributed by atoms with E-state index >= 15 is 0 Å². The Balaban J connectivity index is 3.57. The summed E-state index contributed by atoms with van der Waals surface area (Å²) in [4.78, 5) is 12.3. The van der Waals surface area contributed by atoms with E-state index in [4.69, 9.17) is 5.73 Å². The number of unbranched alkanes of at least 4 members (excludes halogenated alkanes) is 24.